The Morgan fingerprint density at radius 1 is 1.19 bits per heavy atom. The molecule has 2 aliphatic rings. The monoisotopic (exact) mass is 528 g/mol. The largest absolute Gasteiger partial charge is 0.455 e. The van der Waals surface area contributed by atoms with Crippen LogP contribution in [0.1, 0.15) is 62.5 Å². The Kier molecular flexibility index (Phi) is 9.51. The van der Waals surface area contributed by atoms with Crippen LogP contribution in [0.4, 0.5) is 0 Å². The summed E-state index contributed by atoms with van der Waals surface area (Å²) < 4.78 is 11.6. The lowest BCUT2D eigenvalue weighted by molar-refractivity contribution is -0.141. The highest BCUT2D eigenvalue weighted by atomic mass is 35.5. The number of nitrogens with zero attached hydrogens (tertiary/aromatic N) is 1. The van der Waals surface area contributed by atoms with Crippen molar-refractivity contribution < 1.29 is 19.4 Å². The van der Waals surface area contributed by atoms with Gasteiger partial charge in [-0.15, -0.1) is 0 Å². The number of likely N-dealkylation sites (tertiary alicyclic amines) is 1. The molecule has 1 amide bonds. The van der Waals surface area contributed by atoms with Crippen molar-refractivity contribution >= 4 is 17.5 Å². The molecule has 4 rings (SSSR count). The van der Waals surface area contributed by atoms with Gasteiger partial charge in [-0.25, -0.2) is 0 Å². The van der Waals surface area contributed by atoms with E-state index in [4.69, 9.17) is 26.8 Å². The fraction of sp³-hybridized carbons (Fsp3) is 0.567. The number of hydrogen-bond acceptors (Lipinski definition) is 5. The summed E-state index contributed by atoms with van der Waals surface area (Å²) in [4.78, 5) is 15.3. The van der Waals surface area contributed by atoms with Gasteiger partial charge in [0.1, 0.15) is 5.75 Å². The van der Waals surface area contributed by atoms with E-state index >= 15 is 0 Å². The predicted octanol–water partition coefficient (Wildman–Crippen LogP) is 5.81. The van der Waals surface area contributed by atoms with Gasteiger partial charge in [0.25, 0.3) is 0 Å². The number of piperidine rings is 1. The summed E-state index contributed by atoms with van der Waals surface area (Å²) >= 11 is 6.69. The SMILES string of the molecule is COCCCCC(O)(c1cccc(Cl)c1Oc1cccc(C)c1)C1CCCN(C(=O)[C@@H]2CC[C@H](N)C2)C1. The third-order valence-electron chi connectivity index (χ3n) is 8.03. The predicted molar refractivity (Wildman–Crippen MR) is 147 cm³/mol. The molecule has 1 aliphatic carbocycles. The number of carbonyl (C=O) groups excluding carboxylic acids is 1. The Balaban J connectivity index is 1.65. The number of unbranched alkanes of at least 4 members (excludes halogenated alkanes) is 1. The molecule has 202 valence electrons. The van der Waals surface area contributed by atoms with Gasteiger partial charge in [0.05, 0.1) is 10.6 Å². The van der Waals surface area contributed by atoms with Gasteiger partial charge in [-0.3, -0.25) is 4.79 Å². The molecule has 1 heterocycles. The minimum Gasteiger partial charge on any atom is -0.455 e. The van der Waals surface area contributed by atoms with E-state index in [0.717, 1.165) is 57.1 Å². The maximum Gasteiger partial charge on any atom is 0.225 e. The van der Waals surface area contributed by atoms with Crippen LogP contribution >= 0.6 is 11.6 Å². The van der Waals surface area contributed by atoms with Gasteiger partial charge in [-0.05, 0) is 82.1 Å². The molecule has 2 unspecified atom stereocenters. The summed E-state index contributed by atoms with van der Waals surface area (Å²) in [6, 6.07) is 13.5. The van der Waals surface area contributed by atoms with E-state index in [2.05, 4.69) is 0 Å². The summed E-state index contributed by atoms with van der Waals surface area (Å²) in [5.74, 6) is 1.20. The fourth-order valence-electron chi connectivity index (χ4n) is 6.02. The van der Waals surface area contributed by atoms with Crippen molar-refractivity contribution in [1.29, 1.82) is 0 Å². The van der Waals surface area contributed by atoms with Crippen LogP contribution in [0.2, 0.25) is 5.02 Å². The van der Waals surface area contributed by atoms with Gasteiger partial charge < -0.3 is 25.2 Å². The first-order valence-electron chi connectivity index (χ1n) is 13.6. The second-order valence-electron chi connectivity index (χ2n) is 10.8. The Bertz CT molecular complexity index is 1060. The third-order valence-corrected chi connectivity index (χ3v) is 8.33. The first kappa shape index (κ1) is 27.9. The quantitative estimate of drug-likeness (QED) is 0.380. The van der Waals surface area contributed by atoms with Crippen LogP contribution in [0.3, 0.4) is 0 Å². The topological polar surface area (TPSA) is 85.0 Å². The molecule has 6 nitrogen and oxygen atoms in total. The molecule has 0 aromatic heterocycles. The van der Waals surface area contributed by atoms with E-state index in [1.165, 1.54) is 0 Å². The summed E-state index contributed by atoms with van der Waals surface area (Å²) in [7, 11) is 1.69. The minimum atomic E-state index is -1.21. The van der Waals surface area contributed by atoms with Gasteiger partial charge in [0, 0.05) is 50.2 Å². The van der Waals surface area contributed by atoms with Crippen LogP contribution in [0.5, 0.6) is 11.5 Å². The van der Waals surface area contributed by atoms with Crippen LogP contribution in [0, 0.1) is 18.8 Å². The van der Waals surface area contributed by atoms with Crippen LogP contribution < -0.4 is 10.5 Å². The molecule has 0 spiro atoms. The molecular weight excluding hydrogens is 488 g/mol. The lowest BCUT2D eigenvalue weighted by Crippen LogP contribution is -2.49. The zero-order valence-electron chi connectivity index (χ0n) is 22.1. The average molecular weight is 529 g/mol. The summed E-state index contributed by atoms with van der Waals surface area (Å²) in [6.07, 6.45) is 6.33. The van der Waals surface area contributed by atoms with Crippen molar-refractivity contribution in [2.75, 3.05) is 26.8 Å². The van der Waals surface area contributed by atoms with Crippen molar-refractivity contribution in [3.8, 4) is 11.5 Å². The van der Waals surface area contributed by atoms with Gasteiger partial charge in [0.2, 0.25) is 5.91 Å². The minimum absolute atomic E-state index is 0.00469. The number of halogens is 1. The van der Waals surface area contributed by atoms with Crippen molar-refractivity contribution in [2.45, 2.75) is 69.9 Å². The third kappa shape index (κ3) is 6.66. The number of aliphatic hydroxyl groups is 1. The van der Waals surface area contributed by atoms with Crippen LogP contribution in [0.15, 0.2) is 42.5 Å². The number of rotatable bonds is 10. The van der Waals surface area contributed by atoms with E-state index in [1.54, 1.807) is 13.2 Å². The smallest absolute Gasteiger partial charge is 0.225 e. The number of ether oxygens (including phenoxy) is 2. The highest BCUT2D eigenvalue weighted by molar-refractivity contribution is 6.32. The number of carbonyl (C=O) groups is 1. The molecule has 1 aliphatic heterocycles. The lowest BCUT2D eigenvalue weighted by Gasteiger charge is -2.44. The second kappa shape index (κ2) is 12.6. The highest BCUT2D eigenvalue weighted by Crippen LogP contribution is 2.47. The molecule has 1 saturated carbocycles. The summed E-state index contributed by atoms with van der Waals surface area (Å²) in [5.41, 5.74) is 6.65. The highest BCUT2D eigenvalue weighted by Gasteiger charge is 2.44. The summed E-state index contributed by atoms with van der Waals surface area (Å²) in [5, 5.41) is 13.0. The molecule has 1 saturated heterocycles. The van der Waals surface area contributed by atoms with Crippen LogP contribution in [0.25, 0.3) is 0 Å². The van der Waals surface area contributed by atoms with Crippen molar-refractivity contribution in [3.63, 3.8) is 0 Å². The molecule has 2 aromatic rings. The molecule has 4 atom stereocenters. The number of hydrogen-bond donors (Lipinski definition) is 2. The maximum atomic E-state index is 13.4. The second-order valence-corrected chi connectivity index (χ2v) is 11.2. The number of nitrogens with two attached hydrogens (primary N) is 1. The molecule has 3 N–H and O–H groups in total. The number of aryl methyl sites for hydroxylation is 1. The number of methoxy groups -OCH3 is 1. The molecular formula is C30H41ClN2O4. The molecule has 2 fully saturated rings. The number of amides is 1. The van der Waals surface area contributed by atoms with E-state index in [0.29, 0.717) is 41.7 Å². The molecule has 0 bridgehead atoms. The van der Waals surface area contributed by atoms with Crippen molar-refractivity contribution in [1.82, 2.24) is 4.90 Å². The normalized spacial score (nSPS) is 23.6. The molecule has 7 heteroatoms. The van der Waals surface area contributed by atoms with Gasteiger partial charge in [-0.1, -0.05) is 35.9 Å². The fourth-order valence-corrected chi connectivity index (χ4v) is 6.23. The Morgan fingerprint density at radius 3 is 2.73 bits per heavy atom. The van der Waals surface area contributed by atoms with Crippen LogP contribution in [-0.4, -0.2) is 48.8 Å². The van der Waals surface area contributed by atoms with E-state index < -0.39 is 5.60 Å². The van der Waals surface area contributed by atoms with Crippen molar-refractivity contribution in [3.05, 3.63) is 58.6 Å². The standard InChI is InChI=1S/C30H41ClN2O4/c1-21-8-5-10-25(18-21)37-28-26(11-6-12-27(28)31)30(35,15-3-4-17-36-2)23-9-7-16-33(20-23)29(34)22-13-14-24(32)19-22/h5-6,8,10-12,18,22-24,35H,3-4,7,9,13-17,19-20,32H2,1-2H3/t22-,23?,24+,30?/m1/s1. The first-order chi connectivity index (χ1) is 17.8. The number of para-hydroxylation sites is 1. The molecule has 37 heavy (non-hydrogen) atoms. The van der Waals surface area contributed by atoms with E-state index in [-0.39, 0.29) is 23.8 Å². The Hall–Kier alpha value is -2.12. The van der Waals surface area contributed by atoms with Crippen LogP contribution in [-0.2, 0) is 15.1 Å². The molecule has 2 aromatic carbocycles. The maximum absolute atomic E-state index is 13.4. The van der Waals surface area contributed by atoms with Gasteiger partial charge in [-0.2, -0.15) is 0 Å². The van der Waals surface area contributed by atoms with E-state index in [9.17, 15) is 9.90 Å². The first-order valence-corrected chi connectivity index (χ1v) is 14.0. The van der Waals surface area contributed by atoms with E-state index in [1.807, 2.05) is 48.2 Å². The zero-order chi connectivity index (χ0) is 26.4. The molecule has 0 radical (unpaired) electrons. The Labute approximate surface area is 226 Å². The average Bonchev–Trinajstić information content (AvgIpc) is 3.33. The zero-order valence-corrected chi connectivity index (χ0v) is 22.9. The lowest BCUT2D eigenvalue weighted by atomic mass is 9.73. The summed E-state index contributed by atoms with van der Waals surface area (Å²) in [6.45, 7) is 3.89. The van der Waals surface area contributed by atoms with Gasteiger partial charge >= 0.3 is 0 Å². The van der Waals surface area contributed by atoms with Crippen molar-refractivity contribution in [2.24, 2.45) is 17.6 Å². The number of benzene rings is 2. The van der Waals surface area contributed by atoms with Gasteiger partial charge in [0.15, 0.2) is 5.75 Å². The Morgan fingerprint density at radius 2 is 2.00 bits per heavy atom.